The van der Waals surface area contributed by atoms with E-state index in [1.807, 2.05) is 26.0 Å². The lowest BCUT2D eigenvalue weighted by Gasteiger charge is -1.82. The van der Waals surface area contributed by atoms with Crippen molar-refractivity contribution in [2.24, 2.45) is 5.21 Å². The Morgan fingerprint density at radius 3 is 2.67 bits per heavy atom. The first kappa shape index (κ1) is 8.08. The molecule has 0 heterocycles. The van der Waals surface area contributed by atoms with Gasteiger partial charge in [-0.2, -0.15) is 0 Å². The Morgan fingerprint density at radius 1 is 1.56 bits per heavy atom. The molecule has 0 amide bonds. The van der Waals surface area contributed by atoms with Gasteiger partial charge in [0, 0.05) is 0 Å². The first-order valence-corrected chi connectivity index (χ1v) is 2.75. The van der Waals surface area contributed by atoms with Crippen LogP contribution < -0.4 is 0 Å². The van der Waals surface area contributed by atoms with Crippen molar-refractivity contribution in [3.63, 3.8) is 0 Å². The third-order valence-corrected chi connectivity index (χ3v) is 0.823. The van der Waals surface area contributed by atoms with Crippen molar-refractivity contribution >= 4 is 6.21 Å². The minimum absolute atomic E-state index is 0.985. The van der Waals surface area contributed by atoms with E-state index >= 15 is 0 Å². The summed E-state index contributed by atoms with van der Waals surface area (Å²) in [6.45, 7) is 3.78. The van der Waals surface area contributed by atoms with Gasteiger partial charge in [0.1, 0.15) is 0 Å². The average Bonchev–Trinajstić information content (AvgIpc) is 1.85. The first-order chi connectivity index (χ1) is 4.31. The molecule has 0 atom stereocenters. The molecule has 50 valence electrons. The molecular weight excluding hydrogens is 117 g/mol. The molecule has 0 aromatic heterocycles. The summed E-state index contributed by atoms with van der Waals surface area (Å²) in [4.78, 5) is 0. The molecule has 0 aromatic carbocycles. The van der Waals surface area contributed by atoms with Crippen molar-refractivity contribution in [2.75, 3.05) is 0 Å². The van der Waals surface area contributed by atoms with Gasteiger partial charge in [-0.05, 0) is 25.5 Å². The minimum atomic E-state index is 0.985. The molecule has 0 aromatic rings. The Balaban J connectivity index is 3.84. The van der Waals surface area contributed by atoms with Crippen LogP contribution in [0.1, 0.15) is 13.8 Å². The fourth-order valence-electron chi connectivity index (χ4n) is 0.464. The quantitative estimate of drug-likeness (QED) is 0.399. The highest BCUT2D eigenvalue weighted by Gasteiger charge is 1.74. The molecule has 0 saturated heterocycles. The van der Waals surface area contributed by atoms with Gasteiger partial charge < -0.3 is 0 Å². The van der Waals surface area contributed by atoms with E-state index in [0.29, 0.717) is 0 Å². The fraction of sp³-hybridized carbons (Fsp3) is 0.286. The molecule has 0 N–H and O–H groups in total. The van der Waals surface area contributed by atoms with Crippen LogP contribution in [0.25, 0.3) is 0 Å². The van der Waals surface area contributed by atoms with Gasteiger partial charge in [-0.1, -0.05) is 21.8 Å². The molecular formula is C7H10FN. The highest BCUT2D eigenvalue weighted by molar-refractivity contribution is 5.72. The molecule has 0 rings (SSSR count). The van der Waals surface area contributed by atoms with Gasteiger partial charge in [-0.3, -0.25) is 0 Å². The van der Waals surface area contributed by atoms with Gasteiger partial charge in [0.05, 0.1) is 6.21 Å². The van der Waals surface area contributed by atoms with Gasteiger partial charge in [-0.25, -0.2) is 0 Å². The number of halogens is 1. The molecule has 0 saturated carbocycles. The monoisotopic (exact) mass is 127 g/mol. The van der Waals surface area contributed by atoms with Gasteiger partial charge in [0.2, 0.25) is 0 Å². The zero-order chi connectivity index (χ0) is 7.11. The van der Waals surface area contributed by atoms with E-state index in [2.05, 4.69) is 5.21 Å². The van der Waals surface area contributed by atoms with E-state index in [4.69, 9.17) is 0 Å². The van der Waals surface area contributed by atoms with Crippen LogP contribution in [0.2, 0.25) is 0 Å². The van der Waals surface area contributed by atoms with Crippen LogP contribution in [0.3, 0.4) is 0 Å². The summed E-state index contributed by atoms with van der Waals surface area (Å²) in [6.07, 6.45) is 6.48. The molecule has 0 aliphatic heterocycles. The standard InChI is InChI=1S/C7H10FN/c1-3-4-7(2)5-6-9-8/h3-6H,1-2H3/b4-3+,7-5-,9-6?. The minimum Gasteiger partial charge on any atom is -0.0956 e. The molecule has 0 aliphatic carbocycles. The Bertz CT molecular complexity index is 145. The largest absolute Gasteiger partial charge is 0.0956 e. The zero-order valence-corrected chi connectivity index (χ0v) is 5.63. The summed E-state index contributed by atoms with van der Waals surface area (Å²) < 4.78 is 11.1. The van der Waals surface area contributed by atoms with Crippen LogP contribution in [0.4, 0.5) is 4.48 Å². The van der Waals surface area contributed by atoms with Crippen molar-refractivity contribution in [3.05, 3.63) is 23.8 Å². The van der Waals surface area contributed by atoms with E-state index < -0.39 is 0 Å². The van der Waals surface area contributed by atoms with Gasteiger partial charge >= 0.3 is 0 Å². The van der Waals surface area contributed by atoms with Crippen LogP contribution >= 0.6 is 0 Å². The van der Waals surface area contributed by atoms with Crippen molar-refractivity contribution in [1.82, 2.24) is 0 Å². The summed E-state index contributed by atoms with van der Waals surface area (Å²) in [6, 6.07) is 0. The lowest BCUT2D eigenvalue weighted by atomic mass is 10.3. The van der Waals surface area contributed by atoms with Crippen molar-refractivity contribution in [2.45, 2.75) is 13.8 Å². The second kappa shape index (κ2) is 5.22. The summed E-state index contributed by atoms with van der Waals surface area (Å²) in [5.41, 5.74) is 0.985. The molecule has 0 unspecified atom stereocenters. The number of nitrogens with zero attached hydrogens (tertiary/aromatic N) is 1. The first-order valence-electron chi connectivity index (χ1n) is 2.75. The number of hydrogen-bond acceptors (Lipinski definition) is 1. The third-order valence-electron chi connectivity index (χ3n) is 0.823. The lowest BCUT2D eigenvalue weighted by Crippen LogP contribution is -1.67. The molecule has 0 bridgehead atoms. The van der Waals surface area contributed by atoms with Crippen LogP contribution in [0.5, 0.6) is 0 Å². The van der Waals surface area contributed by atoms with Crippen LogP contribution in [-0.2, 0) is 0 Å². The van der Waals surface area contributed by atoms with E-state index in [-0.39, 0.29) is 0 Å². The molecule has 2 heteroatoms. The highest BCUT2D eigenvalue weighted by atomic mass is 19.2. The maximum atomic E-state index is 11.1. The second-order valence-electron chi connectivity index (χ2n) is 1.66. The second-order valence-corrected chi connectivity index (χ2v) is 1.66. The van der Waals surface area contributed by atoms with Crippen LogP contribution in [0.15, 0.2) is 29.0 Å². The maximum absolute atomic E-state index is 11.1. The highest BCUT2D eigenvalue weighted by Crippen LogP contribution is 1.91. The van der Waals surface area contributed by atoms with Gasteiger partial charge in [0.25, 0.3) is 0 Å². The molecule has 0 spiro atoms. The Morgan fingerprint density at radius 2 is 2.22 bits per heavy atom. The Labute approximate surface area is 54.5 Å². The Hall–Kier alpha value is -0.920. The van der Waals surface area contributed by atoms with Crippen molar-refractivity contribution in [3.8, 4) is 0 Å². The topological polar surface area (TPSA) is 12.4 Å². The summed E-state index contributed by atoms with van der Waals surface area (Å²) >= 11 is 0. The predicted octanol–water partition coefficient (Wildman–Crippen LogP) is 2.46. The molecule has 1 nitrogen and oxygen atoms in total. The SMILES string of the molecule is C/C=C/C(C)=C\C=NF. The van der Waals surface area contributed by atoms with Crippen LogP contribution in [-0.4, -0.2) is 6.21 Å². The average molecular weight is 127 g/mol. The summed E-state index contributed by atoms with van der Waals surface area (Å²) in [5.74, 6) is 0. The smallest absolute Gasteiger partial charge is 0.0602 e. The fourth-order valence-corrected chi connectivity index (χ4v) is 0.464. The van der Waals surface area contributed by atoms with Gasteiger partial charge in [-0.15, -0.1) is 0 Å². The van der Waals surface area contributed by atoms with E-state index in [9.17, 15) is 4.48 Å². The summed E-state index contributed by atoms with van der Waals surface area (Å²) in [5, 5.41) is 2.32. The Kier molecular flexibility index (Phi) is 4.69. The number of rotatable bonds is 2. The van der Waals surface area contributed by atoms with Crippen molar-refractivity contribution in [1.29, 1.82) is 0 Å². The van der Waals surface area contributed by atoms with E-state index in [0.717, 1.165) is 11.8 Å². The molecule has 0 aliphatic rings. The lowest BCUT2D eigenvalue weighted by molar-refractivity contribution is 0.541. The molecule has 0 fully saturated rings. The van der Waals surface area contributed by atoms with Gasteiger partial charge in [0.15, 0.2) is 0 Å². The number of hydrogen-bond donors (Lipinski definition) is 0. The summed E-state index contributed by atoms with van der Waals surface area (Å²) in [7, 11) is 0. The zero-order valence-electron chi connectivity index (χ0n) is 5.63. The molecule has 0 radical (unpaired) electrons. The predicted molar refractivity (Wildman–Crippen MR) is 38.2 cm³/mol. The van der Waals surface area contributed by atoms with Crippen molar-refractivity contribution < 1.29 is 4.48 Å². The van der Waals surface area contributed by atoms with Crippen LogP contribution in [0, 0.1) is 0 Å². The van der Waals surface area contributed by atoms with E-state index in [1.54, 1.807) is 6.08 Å². The normalized spacial score (nSPS) is 13.9. The number of allylic oxidation sites excluding steroid dienone is 4. The molecule has 9 heavy (non-hydrogen) atoms. The van der Waals surface area contributed by atoms with E-state index in [1.165, 1.54) is 0 Å². The third kappa shape index (κ3) is 4.94. The maximum Gasteiger partial charge on any atom is 0.0602 e.